The van der Waals surface area contributed by atoms with Crippen molar-refractivity contribution in [3.63, 3.8) is 0 Å². The van der Waals surface area contributed by atoms with Crippen LogP contribution < -0.4 is 9.47 Å². The van der Waals surface area contributed by atoms with Gasteiger partial charge in [0.05, 0.1) is 10.9 Å². The zero-order chi connectivity index (χ0) is 20.6. The topological polar surface area (TPSA) is 72.9 Å². The number of ether oxygens (including phenoxy) is 2. The Hall–Kier alpha value is -2.68. The van der Waals surface area contributed by atoms with Crippen LogP contribution >= 0.6 is 0 Å². The molecule has 1 saturated heterocycles. The minimum Gasteiger partial charge on any atom is -0.486 e. The lowest BCUT2D eigenvalue weighted by Crippen LogP contribution is -2.30. The van der Waals surface area contributed by atoms with E-state index in [-0.39, 0.29) is 17.5 Å². The van der Waals surface area contributed by atoms with Gasteiger partial charge < -0.3 is 14.4 Å². The fourth-order valence-corrected chi connectivity index (χ4v) is 4.40. The second-order valence-corrected chi connectivity index (χ2v) is 8.81. The second-order valence-electron chi connectivity index (χ2n) is 6.89. The Kier molecular flexibility index (Phi) is 5.16. The summed E-state index contributed by atoms with van der Waals surface area (Å²) in [6.45, 7) is 1.52. The molecular weight excluding hydrogens is 404 g/mol. The molecule has 0 aliphatic carbocycles. The number of halogens is 2. The third-order valence-corrected chi connectivity index (χ3v) is 6.53. The molecule has 0 saturated carbocycles. The number of hydrogen-bond acceptors (Lipinski definition) is 5. The number of rotatable bonds is 4. The molecule has 154 valence electrons. The Morgan fingerprint density at radius 2 is 1.72 bits per heavy atom. The first-order valence-corrected chi connectivity index (χ1v) is 10.7. The maximum atomic E-state index is 13.0. The summed E-state index contributed by atoms with van der Waals surface area (Å²) in [6.07, 6.45) is 1.60. The number of amides is 1. The molecule has 4 rings (SSSR count). The van der Waals surface area contributed by atoms with Crippen LogP contribution in [-0.2, 0) is 9.84 Å². The molecule has 2 heterocycles. The number of sulfone groups is 1. The number of likely N-dealkylation sites (tertiary alicyclic amines) is 1. The van der Waals surface area contributed by atoms with Gasteiger partial charge in [0, 0.05) is 12.1 Å². The van der Waals surface area contributed by atoms with Crippen molar-refractivity contribution in [1.29, 1.82) is 0 Å². The van der Waals surface area contributed by atoms with E-state index in [0.29, 0.717) is 31.3 Å². The molecule has 1 unspecified atom stereocenters. The van der Waals surface area contributed by atoms with E-state index in [1.165, 1.54) is 12.1 Å². The Morgan fingerprint density at radius 1 is 1.03 bits per heavy atom. The molecule has 0 spiro atoms. The Bertz CT molecular complexity index is 1020. The van der Waals surface area contributed by atoms with Gasteiger partial charge in [0.25, 0.3) is 5.91 Å². The smallest absolute Gasteiger partial charge is 0.341 e. The van der Waals surface area contributed by atoms with E-state index in [9.17, 15) is 22.0 Å². The molecule has 0 radical (unpaired) electrons. The lowest BCUT2D eigenvalue weighted by atomic mass is 10.0. The van der Waals surface area contributed by atoms with E-state index in [2.05, 4.69) is 0 Å². The van der Waals surface area contributed by atoms with Crippen LogP contribution in [0, 0.1) is 0 Å². The van der Waals surface area contributed by atoms with Crippen molar-refractivity contribution in [2.24, 2.45) is 0 Å². The van der Waals surface area contributed by atoms with E-state index in [0.717, 1.165) is 30.5 Å². The first-order chi connectivity index (χ1) is 13.9. The number of nitrogens with zero attached hydrogens (tertiary/aromatic N) is 1. The van der Waals surface area contributed by atoms with Crippen molar-refractivity contribution >= 4 is 15.7 Å². The molecular formula is C20H19F2NO5S. The van der Waals surface area contributed by atoms with Gasteiger partial charge in [-0.3, -0.25) is 4.79 Å². The monoisotopic (exact) mass is 423 g/mol. The SMILES string of the molecule is O=C(c1ccc(S(=O)(=O)C(F)F)cc1)N1CCCC1c1ccc2c(c1)OCCO2. The molecule has 29 heavy (non-hydrogen) atoms. The number of carbonyl (C=O) groups is 1. The lowest BCUT2D eigenvalue weighted by Gasteiger charge is -2.27. The summed E-state index contributed by atoms with van der Waals surface area (Å²) in [7, 11) is -4.68. The summed E-state index contributed by atoms with van der Waals surface area (Å²) in [5.74, 6) is -2.45. The van der Waals surface area contributed by atoms with Gasteiger partial charge in [-0.05, 0) is 54.8 Å². The summed E-state index contributed by atoms with van der Waals surface area (Å²) < 4.78 is 59.6. The Morgan fingerprint density at radius 3 is 2.41 bits per heavy atom. The van der Waals surface area contributed by atoms with Crippen molar-refractivity contribution in [3.8, 4) is 11.5 Å². The number of fused-ring (bicyclic) bond motifs is 1. The first kappa shape index (κ1) is 19.6. The molecule has 0 N–H and O–H groups in total. The molecule has 2 aliphatic heterocycles. The standard InChI is InChI=1S/C20H19F2NO5S/c21-20(22)29(25,26)15-6-3-13(4-7-15)19(24)23-9-1-2-16(23)14-5-8-17-18(12-14)28-11-10-27-17/h3-8,12,16,20H,1-2,9-11H2. The molecule has 1 fully saturated rings. The van der Waals surface area contributed by atoms with E-state index in [4.69, 9.17) is 9.47 Å². The highest BCUT2D eigenvalue weighted by atomic mass is 32.2. The van der Waals surface area contributed by atoms with Crippen molar-refractivity contribution in [2.75, 3.05) is 19.8 Å². The highest BCUT2D eigenvalue weighted by Gasteiger charge is 2.32. The third-order valence-electron chi connectivity index (χ3n) is 5.13. The van der Waals surface area contributed by atoms with Gasteiger partial charge in [-0.15, -0.1) is 0 Å². The van der Waals surface area contributed by atoms with Crippen LogP contribution in [0.1, 0.15) is 34.8 Å². The van der Waals surface area contributed by atoms with Crippen molar-refractivity contribution in [1.82, 2.24) is 4.90 Å². The number of benzene rings is 2. The third kappa shape index (κ3) is 3.66. The van der Waals surface area contributed by atoms with E-state index in [1.54, 1.807) is 4.90 Å². The van der Waals surface area contributed by atoms with Crippen LogP contribution in [-0.4, -0.2) is 44.7 Å². The quantitative estimate of drug-likeness (QED) is 0.753. The lowest BCUT2D eigenvalue weighted by molar-refractivity contribution is 0.0735. The van der Waals surface area contributed by atoms with Crippen LogP contribution in [0.15, 0.2) is 47.4 Å². The normalized spacial score (nSPS) is 18.9. The predicted molar refractivity (Wildman–Crippen MR) is 100 cm³/mol. The minimum atomic E-state index is -4.68. The summed E-state index contributed by atoms with van der Waals surface area (Å²) in [5.41, 5.74) is 1.18. The second kappa shape index (κ2) is 7.62. The average molecular weight is 423 g/mol. The maximum Gasteiger partial charge on any atom is 0.341 e. The molecule has 6 nitrogen and oxygen atoms in total. The van der Waals surface area contributed by atoms with Gasteiger partial charge in [0.15, 0.2) is 11.5 Å². The maximum absolute atomic E-state index is 13.0. The van der Waals surface area contributed by atoms with Gasteiger partial charge in [-0.25, -0.2) is 8.42 Å². The fraction of sp³-hybridized carbons (Fsp3) is 0.350. The van der Waals surface area contributed by atoms with Crippen molar-refractivity contribution in [3.05, 3.63) is 53.6 Å². The van der Waals surface area contributed by atoms with Crippen LogP contribution in [0.5, 0.6) is 11.5 Å². The molecule has 0 bridgehead atoms. The van der Waals surface area contributed by atoms with Gasteiger partial charge >= 0.3 is 5.76 Å². The Balaban J connectivity index is 1.57. The van der Waals surface area contributed by atoms with E-state index in [1.807, 2.05) is 18.2 Å². The van der Waals surface area contributed by atoms with Gasteiger partial charge in [0.1, 0.15) is 13.2 Å². The zero-order valence-corrected chi connectivity index (χ0v) is 16.2. The van der Waals surface area contributed by atoms with Crippen LogP contribution in [0.4, 0.5) is 8.78 Å². The van der Waals surface area contributed by atoms with Gasteiger partial charge in [0.2, 0.25) is 9.84 Å². The van der Waals surface area contributed by atoms with Crippen molar-refractivity contribution < 1.29 is 31.5 Å². The molecule has 0 aromatic heterocycles. The Labute approximate surface area is 167 Å². The predicted octanol–water partition coefficient (Wildman–Crippen LogP) is 3.43. The molecule has 2 aliphatic rings. The highest BCUT2D eigenvalue weighted by Crippen LogP contribution is 2.38. The van der Waals surface area contributed by atoms with E-state index >= 15 is 0 Å². The minimum absolute atomic E-state index is 0.150. The number of alkyl halides is 2. The number of hydrogen-bond donors (Lipinski definition) is 0. The number of carbonyl (C=O) groups excluding carboxylic acids is 1. The largest absolute Gasteiger partial charge is 0.486 e. The molecule has 2 aromatic rings. The zero-order valence-electron chi connectivity index (χ0n) is 15.4. The van der Waals surface area contributed by atoms with Gasteiger partial charge in [-0.2, -0.15) is 8.78 Å². The van der Waals surface area contributed by atoms with Crippen LogP contribution in [0.25, 0.3) is 0 Å². The van der Waals surface area contributed by atoms with E-state index < -0.39 is 20.5 Å². The van der Waals surface area contributed by atoms with Gasteiger partial charge in [-0.1, -0.05) is 6.07 Å². The summed E-state index contributed by atoms with van der Waals surface area (Å²) >= 11 is 0. The van der Waals surface area contributed by atoms with Crippen molar-refractivity contribution in [2.45, 2.75) is 29.5 Å². The molecule has 2 aromatic carbocycles. The molecule has 1 atom stereocenters. The average Bonchev–Trinajstić information content (AvgIpc) is 3.22. The summed E-state index contributed by atoms with van der Waals surface area (Å²) in [4.78, 5) is 14.2. The molecule has 1 amide bonds. The van der Waals surface area contributed by atoms with Crippen LogP contribution in [0.3, 0.4) is 0 Å². The van der Waals surface area contributed by atoms with Crippen LogP contribution in [0.2, 0.25) is 0 Å². The fourth-order valence-electron chi connectivity index (χ4n) is 3.68. The highest BCUT2D eigenvalue weighted by molar-refractivity contribution is 7.91. The first-order valence-electron chi connectivity index (χ1n) is 9.20. The summed E-state index contributed by atoms with van der Waals surface area (Å²) in [5, 5.41) is 0. The summed E-state index contributed by atoms with van der Waals surface area (Å²) in [6, 6.07) is 10.1. The molecule has 9 heteroatoms.